The average Bonchev–Trinajstić information content (AvgIpc) is 2.73. The third kappa shape index (κ3) is 6.21. The summed E-state index contributed by atoms with van der Waals surface area (Å²) in [6.07, 6.45) is 1.57. The highest BCUT2D eigenvalue weighted by molar-refractivity contribution is 7.90. The number of hydrogen-bond donors (Lipinski definition) is 2. The Morgan fingerprint density at radius 3 is 2.09 bits per heavy atom. The van der Waals surface area contributed by atoms with E-state index >= 15 is 0 Å². The van der Waals surface area contributed by atoms with Gasteiger partial charge in [0.2, 0.25) is 15.9 Å². The van der Waals surface area contributed by atoms with Crippen molar-refractivity contribution >= 4 is 21.6 Å². The molecule has 0 aromatic heterocycles. The molecule has 1 aromatic rings. The van der Waals surface area contributed by atoms with E-state index in [1.165, 1.54) is 12.1 Å². The Bertz CT molecular complexity index is 1060. The number of sulfonamides is 1. The largest absolute Gasteiger partial charge is 0.416 e. The molecule has 10 heteroatoms. The Labute approximate surface area is 199 Å². The summed E-state index contributed by atoms with van der Waals surface area (Å²) < 4.78 is 65.0. The SMILES string of the molecule is CN1CC(NC(=O)C2CCC(NS(=O)(=O)C(C)(C)C)CC2)=CC=C1c1ccc(C(F)(F)F)cc1. The number of hydrogen-bond acceptors (Lipinski definition) is 4. The van der Waals surface area contributed by atoms with Gasteiger partial charge in [0.15, 0.2) is 0 Å². The van der Waals surface area contributed by atoms with Crippen molar-refractivity contribution in [3.63, 3.8) is 0 Å². The van der Waals surface area contributed by atoms with Gasteiger partial charge in [-0.25, -0.2) is 13.1 Å². The Balaban J connectivity index is 1.57. The first-order valence-corrected chi connectivity index (χ1v) is 12.8. The molecule has 3 rings (SSSR count). The van der Waals surface area contributed by atoms with Gasteiger partial charge in [-0.2, -0.15) is 13.2 Å². The monoisotopic (exact) mass is 499 g/mol. The zero-order chi connectivity index (χ0) is 25.3. The number of carbonyl (C=O) groups excluding carboxylic acids is 1. The first-order chi connectivity index (χ1) is 15.7. The summed E-state index contributed by atoms with van der Waals surface area (Å²) in [5.41, 5.74) is 1.44. The van der Waals surface area contributed by atoms with Crippen LogP contribution < -0.4 is 10.0 Å². The van der Waals surface area contributed by atoms with Crippen LogP contribution in [0.2, 0.25) is 0 Å². The minimum absolute atomic E-state index is 0.0943. The maximum Gasteiger partial charge on any atom is 0.416 e. The predicted molar refractivity (Wildman–Crippen MR) is 126 cm³/mol. The summed E-state index contributed by atoms with van der Waals surface area (Å²) in [4.78, 5) is 14.6. The molecule has 6 nitrogen and oxygen atoms in total. The fraction of sp³-hybridized carbons (Fsp3) is 0.542. The molecule has 1 aromatic carbocycles. The molecular formula is C24H32F3N3O3S. The van der Waals surface area contributed by atoms with E-state index in [0.717, 1.165) is 17.8 Å². The highest BCUT2D eigenvalue weighted by atomic mass is 32.2. The van der Waals surface area contributed by atoms with Gasteiger partial charge in [0.1, 0.15) is 0 Å². The molecule has 1 fully saturated rings. The molecule has 0 spiro atoms. The van der Waals surface area contributed by atoms with E-state index in [1.54, 1.807) is 32.9 Å². The number of nitrogens with one attached hydrogen (secondary N) is 2. The first kappa shape index (κ1) is 26.3. The summed E-state index contributed by atoms with van der Waals surface area (Å²) >= 11 is 0. The lowest BCUT2D eigenvalue weighted by Crippen LogP contribution is -2.47. The number of likely N-dealkylation sites (N-methyl/N-ethyl adjacent to an activating group) is 1. The summed E-state index contributed by atoms with van der Waals surface area (Å²) in [7, 11) is -1.61. The predicted octanol–water partition coefficient (Wildman–Crippen LogP) is 4.27. The van der Waals surface area contributed by atoms with E-state index in [1.807, 2.05) is 11.9 Å². The molecule has 1 aliphatic heterocycles. The number of allylic oxidation sites excluding steroid dienone is 2. The van der Waals surface area contributed by atoms with Crippen LogP contribution in [-0.2, 0) is 21.0 Å². The van der Waals surface area contributed by atoms with Crippen LogP contribution in [0.25, 0.3) is 5.70 Å². The molecule has 2 N–H and O–H groups in total. The molecular weight excluding hydrogens is 467 g/mol. The summed E-state index contributed by atoms with van der Waals surface area (Å²) in [5.74, 6) is -0.287. The van der Waals surface area contributed by atoms with E-state index in [-0.39, 0.29) is 17.9 Å². The molecule has 0 radical (unpaired) electrons. The maximum atomic E-state index is 12.8. The molecule has 2 aliphatic rings. The van der Waals surface area contributed by atoms with Gasteiger partial charge >= 0.3 is 6.18 Å². The van der Waals surface area contributed by atoms with Gasteiger partial charge in [0.05, 0.1) is 16.9 Å². The van der Waals surface area contributed by atoms with Crippen LogP contribution in [0.15, 0.2) is 42.1 Å². The second-order valence-corrected chi connectivity index (χ2v) is 12.4. The zero-order valence-electron chi connectivity index (χ0n) is 19.9. The normalized spacial score (nSPS) is 22.1. The van der Waals surface area contributed by atoms with Gasteiger partial charge in [0.25, 0.3) is 0 Å². The standard InChI is InChI=1S/C24H32F3N3O3S/c1-23(2,3)34(32,33)29-19-11-7-17(8-12-19)22(31)28-20-13-14-21(30(4)15-20)16-5-9-18(10-6-16)24(25,26)27/h5-6,9-10,13-14,17,19,29H,7-8,11-12,15H2,1-4H3,(H,28,31). The van der Waals surface area contributed by atoms with Crippen molar-refractivity contribution in [2.24, 2.45) is 5.92 Å². The van der Waals surface area contributed by atoms with Crippen molar-refractivity contribution in [1.82, 2.24) is 14.9 Å². The van der Waals surface area contributed by atoms with E-state index < -0.39 is 26.5 Å². The minimum Gasteiger partial charge on any atom is -0.368 e. The Morgan fingerprint density at radius 1 is 1.00 bits per heavy atom. The third-order valence-corrected chi connectivity index (χ3v) is 8.53. The van der Waals surface area contributed by atoms with E-state index in [4.69, 9.17) is 0 Å². The Hall–Kier alpha value is -2.33. The Morgan fingerprint density at radius 2 is 1.59 bits per heavy atom. The number of amides is 1. The van der Waals surface area contributed by atoms with Crippen LogP contribution in [0.3, 0.4) is 0 Å². The van der Waals surface area contributed by atoms with Crippen molar-refractivity contribution in [3.05, 3.63) is 53.2 Å². The molecule has 188 valence electrons. The van der Waals surface area contributed by atoms with Crippen molar-refractivity contribution < 1.29 is 26.4 Å². The number of alkyl halides is 3. The van der Waals surface area contributed by atoms with Crippen molar-refractivity contribution in [3.8, 4) is 0 Å². The Kier molecular flexibility index (Phi) is 7.52. The maximum absolute atomic E-state index is 12.8. The van der Waals surface area contributed by atoms with Gasteiger partial charge in [-0.3, -0.25) is 4.79 Å². The van der Waals surface area contributed by atoms with Gasteiger partial charge in [-0.15, -0.1) is 0 Å². The molecule has 34 heavy (non-hydrogen) atoms. The molecule has 1 heterocycles. The van der Waals surface area contributed by atoms with Crippen LogP contribution in [0, 0.1) is 5.92 Å². The topological polar surface area (TPSA) is 78.5 Å². The van der Waals surface area contributed by atoms with Crippen molar-refractivity contribution in [2.75, 3.05) is 13.6 Å². The number of carbonyl (C=O) groups is 1. The number of halogens is 3. The highest BCUT2D eigenvalue weighted by Crippen LogP contribution is 2.31. The van der Waals surface area contributed by atoms with Crippen LogP contribution in [0.1, 0.15) is 57.6 Å². The molecule has 0 atom stereocenters. The van der Waals surface area contributed by atoms with Gasteiger partial charge in [-0.05, 0) is 76.3 Å². The summed E-state index contributed by atoms with van der Waals surface area (Å²) in [5, 5.41) is 2.96. The molecule has 0 saturated heterocycles. The van der Waals surface area contributed by atoms with Crippen LogP contribution in [0.5, 0.6) is 0 Å². The molecule has 1 aliphatic carbocycles. The minimum atomic E-state index is -4.38. The third-order valence-electron chi connectivity index (χ3n) is 6.28. The van der Waals surface area contributed by atoms with Gasteiger partial charge in [0, 0.05) is 30.4 Å². The smallest absolute Gasteiger partial charge is 0.368 e. The van der Waals surface area contributed by atoms with E-state index in [9.17, 15) is 26.4 Å². The number of nitrogens with zero attached hydrogens (tertiary/aromatic N) is 1. The lowest BCUT2D eigenvalue weighted by molar-refractivity contribution is -0.137. The quantitative estimate of drug-likeness (QED) is 0.634. The lowest BCUT2D eigenvalue weighted by Gasteiger charge is -2.32. The number of rotatable bonds is 5. The van der Waals surface area contributed by atoms with Gasteiger partial charge in [-0.1, -0.05) is 12.1 Å². The second-order valence-electron chi connectivity index (χ2n) is 9.95. The van der Waals surface area contributed by atoms with Crippen LogP contribution in [-0.4, -0.2) is 43.6 Å². The summed E-state index contributed by atoms with van der Waals surface area (Å²) in [6.45, 7) is 5.38. The van der Waals surface area contributed by atoms with Crippen molar-refractivity contribution in [1.29, 1.82) is 0 Å². The summed E-state index contributed by atoms with van der Waals surface area (Å²) in [6, 6.07) is 4.83. The zero-order valence-corrected chi connectivity index (χ0v) is 20.7. The van der Waals surface area contributed by atoms with Crippen molar-refractivity contribution in [2.45, 2.75) is 63.4 Å². The number of benzene rings is 1. The molecule has 1 amide bonds. The fourth-order valence-corrected chi connectivity index (χ4v) is 5.09. The van der Waals surface area contributed by atoms with E-state index in [0.29, 0.717) is 43.5 Å². The molecule has 0 unspecified atom stereocenters. The molecule has 1 saturated carbocycles. The van der Waals surface area contributed by atoms with Gasteiger partial charge < -0.3 is 10.2 Å². The van der Waals surface area contributed by atoms with Crippen LogP contribution >= 0.6 is 0 Å². The average molecular weight is 500 g/mol. The molecule has 0 bridgehead atoms. The fourth-order valence-electron chi connectivity index (χ4n) is 4.06. The highest BCUT2D eigenvalue weighted by Gasteiger charge is 2.34. The lowest BCUT2D eigenvalue weighted by atomic mass is 9.86. The first-order valence-electron chi connectivity index (χ1n) is 11.3. The van der Waals surface area contributed by atoms with Crippen LogP contribution in [0.4, 0.5) is 13.2 Å². The van der Waals surface area contributed by atoms with E-state index in [2.05, 4.69) is 10.0 Å². The second kappa shape index (κ2) is 9.73.